The Labute approximate surface area is 94.5 Å². The zero-order valence-electron chi connectivity index (χ0n) is 9.08. The molecule has 4 N–H and O–H groups in total. The maximum Gasteiger partial charge on any atom is 0.149 e. The van der Waals surface area contributed by atoms with Crippen LogP contribution in [0.15, 0.2) is 12.3 Å². The molecule has 0 fully saturated rings. The van der Waals surface area contributed by atoms with Gasteiger partial charge in [-0.2, -0.15) is 0 Å². The second kappa shape index (κ2) is 4.24. The molecule has 0 aromatic carbocycles. The van der Waals surface area contributed by atoms with E-state index in [1.165, 1.54) is 6.20 Å². The highest BCUT2D eigenvalue weighted by Crippen LogP contribution is 2.24. The number of aromatic nitrogens is 1. The van der Waals surface area contributed by atoms with Crippen molar-refractivity contribution in [2.45, 2.75) is 32.4 Å². The molecule has 0 radical (unpaired) electrons. The van der Waals surface area contributed by atoms with Crippen LogP contribution in [-0.4, -0.2) is 21.7 Å². The van der Waals surface area contributed by atoms with Crippen LogP contribution >= 0.6 is 11.6 Å². The first-order valence-corrected chi connectivity index (χ1v) is 5.08. The number of rotatable bonds is 3. The number of nitrogens with two attached hydrogens (primary N) is 1. The molecule has 0 amide bonds. The van der Waals surface area contributed by atoms with Gasteiger partial charge in [-0.1, -0.05) is 11.6 Å². The van der Waals surface area contributed by atoms with Crippen molar-refractivity contribution in [3.05, 3.63) is 17.3 Å². The van der Waals surface area contributed by atoms with E-state index >= 15 is 0 Å². The summed E-state index contributed by atoms with van der Waals surface area (Å²) in [6.07, 6.45) is 0.993. The van der Waals surface area contributed by atoms with Crippen LogP contribution < -0.4 is 11.1 Å². The van der Waals surface area contributed by atoms with Gasteiger partial charge in [0.2, 0.25) is 0 Å². The monoisotopic (exact) mass is 229 g/mol. The average Bonchev–Trinajstić information content (AvgIpc) is 2.09. The van der Waals surface area contributed by atoms with Gasteiger partial charge in [0.25, 0.3) is 0 Å². The van der Waals surface area contributed by atoms with E-state index in [1.54, 1.807) is 13.0 Å². The second-order valence-corrected chi connectivity index (χ2v) is 4.55. The zero-order valence-corrected chi connectivity index (χ0v) is 9.84. The lowest BCUT2D eigenvalue weighted by molar-refractivity contribution is 0.133. The van der Waals surface area contributed by atoms with Gasteiger partial charge >= 0.3 is 0 Å². The standard InChI is InChI=1S/C10H16ClN3O/c1-6(15)10(2,3)14-9-8(12)4-7(11)5-13-9/h4-6,15H,12H2,1-3H3,(H,13,14). The smallest absolute Gasteiger partial charge is 0.149 e. The summed E-state index contributed by atoms with van der Waals surface area (Å²) < 4.78 is 0. The Morgan fingerprint density at radius 2 is 2.20 bits per heavy atom. The van der Waals surface area contributed by atoms with E-state index in [1.807, 2.05) is 13.8 Å². The lowest BCUT2D eigenvalue weighted by Crippen LogP contribution is -2.42. The summed E-state index contributed by atoms with van der Waals surface area (Å²) in [5.41, 5.74) is 5.72. The number of anilines is 2. The van der Waals surface area contributed by atoms with Crippen molar-refractivity contribution >= 4 is 23.1 Å². The van der Waals surface area contributed by atoms with Crippen LogP contribution in [-0.2, 0) is 0 Å². The van der Waals surface area contributed by atoms with Crippen LogP contribution in [0.25, 0.3) is 0 Å². The Balaban J connectivity index is 2.90. The van der Waals surface area contributed by atoms with Gasteiger partial charge in [0.1, 0.15) is 5.82 Å². The zero-order chi connectivity index (χ0) is 11.6. The van der Waals surface area contributed by atoms with Crippen molar-refractivity contribution in [2.24, 2.45) is 0 Å². The summed E-state index contributed by atoms with van der Waals surface area (Å²) in [6.45, 7) is 5.44. The van der Waals surface area contributed by atoms with Crippen LogP contribution in [0.2, 0.25) is 5.02 Å². The number of aliphatic hydroxyl groups is 1. The van der Waals surface area contributed by atoms with Crippen molar-refractivity contribution in [2.75, 3.05) is 11.1 Å². The molecule has 0 aliphatic rings. The molecule has 5 heteroatoms. The molecular formula is C10H16ClN3O. The molecule has 1 aromatic heterocycles. The minimum Gasteiger partial charge on any atom is -0.396 e. The molecular weight excluding hydrogens is 214 g/mol. The predicted octanol–water partition coefficient (Wildman–Crippen LogP) is 1.89. The van der Waals surface area contributed by atoms with E-state index in [2.05, 4.69) is 10.3 Å². The van der Waals surface area contributed by atoms with Gasteiger partial charge in [0.15, 0.2) is 0 Å². The molecule has 15 heavy (non-hydrogen) atoms. The topological polar surface area (TPSA) is 71.2 Å². The van der Waals surface area contributed by atoms with Crippen molar-refractivity contribution in [1.29, 1.82) is 0 Å². The minimum atomic E-state index is -0.519. The number of pyridine rings is 1. The largest absolute Gasteiger partial charge is 0.396 e. The van der Waals surface area contributed by atoms with E-state index in [9.17, 15) is 5.11 Å². The number of nitrogens with zero attached hydrogens (tertiary/aromatic N) is 1. The van der Waals surface area contributed by atoms with Crippen molar-refractivity contribution < 1.29 is 5.11 Å². The molecule has 1 atom stereocenters. The number of halogens is 1. The predicted molar refractivity (Wildman–Crippen MR) is 63.0 cm³/mol. The number of nitrogens with one attached hydrogen (secondary N) is 1. The molecule has 4 nitrogen and oxygen atoms in total. The molecule has 0 spiro atoms. The minimum absolute atomic E-state index is 0.469. The summed E-state index contributed by atoms with van der Waals surface area (Å²) in [5.74, 6) is 0.533. The number of aliphatic hydroxyl groups excluding tert-OH is 1. The van der Waals surface area contributed by atoms with E-state index in [4.69, 9.17) is 17.3 Å². The van der Waals surface area contributed by atoms with Crippen LogP contribution in [0, 0.1) is 0 Å². The highest BCUT2D eigenvalue weighted by Gasteiger charge is 2.24. The average molecular weight is 230 g/mol. The van der Waals surface area contributed by atoms with Crippen LogP contribution in [0.3, 0.4) is 0 Å². The van der Waals surface area contributed by atoms with Gasteiger partial charge in [-0.3, -0.25) is 0 Å². The maximum absolute atomic E-state index is 9.53. The molecule has 0 aliphatic heterocycles. The fraction of sp³-hybridized carbons (Fsp3) is 0.500. The van der Waals surface area contributed by atoms with Crippen molar-refractivity contribution in [3.8, 4) is 0 Å². The highest BCUT2D eigenvalue weighted by molar-refractivity contribution is 6.30. The normalized spacial score (nSPS) is 13.7. The molecule has 0 saturated carbocycles. The Morgan fingerprint density at radius 1 is 1.60 bits per heavy atom. The van der Waals surface area contributed by atoms with Crippen LogP contribution in [0.1, 0.15) is 20.8 Å². The highest BCUT2D eigenvalue weighted by atomic mass is 35.5. The third-order valence-electron chi connectivity index (χ3n) is 2.37. The van der Waals surface area contributed by atoms with Crippen LogP contribution in [0.5, 0.6) is 0 Å². The van der Waals surface area contributed by atoms with E-state index < -0.39 is 11.6 Å². The Bertz CT molecular complexity index is 353. The Hall–Kier alpha value is -1.00. The first kappa shape index (κ1) is 12.1. The van der Waals surface area contributed by atoms with Gasteiger partial charge in [-0.15, -0.1) is 0 Å². The molecule has 0 aliphatic carbocycles. The number of hydrogen-bond acceptors (Lipinski definition) is 4. The van der Waals surface area contributed by atoms with Gasteiger partial charge in [-0.25, -0.2) is 4.98 Å². The van der Waals surface area contributed by atoms with Crippen LogP contribution in [0.4, 0.5) is 11.5 Å². The summed E-state index contributed by atoms with van der Waals surface area (Å²) in [7, 11) is 0. The lowest BCUT2D eigenvalue weighted by Gasteiger charge is -2.30. The Morgan fingerprint density at radius 3 is 2.67 bits per heavy atom. The molecule has 1 rings (SSSR count). The second-order valence-electron chi connectivity index (χ2n) is 4.11. The number of hydrogen-bond donors (Lipinski definition) is 3. The van der Waals surface area contributed by atoms with Crippen molar-refractivity contribution in [1.82, 2.24) is 4.98 Å². The summed E-state index contributed by atoms with van der Waals surface area (Å²) in [5, 5.41) is 13.1. The van der Waals surface area contributed by atoms with Crippen molar-refractivity contribution in [3.63, 3.8) is 0 Å². The molecule has 0 bridgehead atoms. The maximum atomic E-state index is 9.53. The van der Waals surface area contributed by atoms with Gasteiger partial charge < -0.3 is 16.2 Å². The Kier molecular flexibility index (Phi) is 3.42. The molecule has 1 unspecified atom stereocenters. The first-order valence-electron chi connectivity index (χ1n) is 4.70. The fourth-order valence-corrected chi connectivity index (χ4v) is 1.14. The third kappa shape index (κ3) is 2.97. The number of nitrogen functional groups attached to an aromatic ring is 1. The van der Waals surface area contributed by atoms with E-state index in [0.717, 1.165) is 0 Å². The first-order chi connectivity index (χ1) is 6.83. The quantitative estimate of drug-likeness (QED) is 0.740. The lowest BCUT2D eigenvalue weighted by atomic mass is 9.99. The molecule has 0 saturated heterocycles. The van der Waals surface area contributed by atoms with Gasteiger partial charge in [0.05, 0.1) is 22.4 Å². The molecule has 1 heterocycles. The SMILES string of the molecule is CC(O)C(C)(C)Nc1ncc(Cl)cc1N. The molecule has 1 aromatic rings. The third-order valence-corrected chi connectivity index (χ3v) is 2.58. The summed E-state index contributed by atoms with van der Waals surface area (Å²) in [6, 6.07) is 1.62. The molecule has 84 valence electrons. The fourth-order valence-electron chi connectivity index (χ4n) is 0.969. The van der Waals surface area contributed by atoms with Gasteiger partial charge in [-0.05, 0) is 26.8 Å². The van der Waals surface area contributed by atoms with E-state index in [0.29, 0.717) is 16.5 Å². The van der Waals surface area contributed by atoms with Gasteiger partial charge in [0, 0.05) is 6.20 Å². The van der Waals surface area contributed by atoms with E-state index in [-0.39, 0.29) is 0 Å². The summed E-state index contributed by atoms with van der Waals surface area (Å²) >= 11 is 5.73. The summed E-state index contributed by atoms with van der Waals surface area (Å²) in [4.78, 5) is 4.07.